The zero-order valence-electron chi connectivity index (χ0n) is 16.0. The van der Waals surface area contributed by atoms with Gasteiger partial charge in [0.15, 0.2) is 11.6 Å². The van der Waals surface area contributed by atoms with Crippen molar-refractivity contribution in [3.63, 3.8) is 0 Å². The Morgan fingerprint density at radius 2 is 1.79 bits per heavy atom. The number of rotatable bonds is 6. The number of hydrogen-bond acceptors (Lipinski definition) is 1. The molecule has 0 fully saturated rings. The van der Waals surface area contributed by atoms with Gasteiger partial charge in [0, 0.05) is 0 Å². The predicted molar refractivity (Wildman–Crippen MR) is 97.3 cm³/mol. The molecule has 0 saturated heterocycles. The zero-order valence-corrected chi connectivity index (χ0v) is 16.0. The van der Waals surface area contributed by atoms with E-state index in [2.05, 4.69) is 4.74 Å². The van der Waals surface area contributed by atoms with Gasteiger partial charge in [0.05, 0.1) is 0 Å². The van der Waals surface area contributed by atoms with E-state index in [9.17, 15) is 26.3 Å². The Bertz CT molecular complexity index is 875. The number of fused-ring (bicyclic) bond motifs is 1. The molecule has 29 heavy (non-hydrogen) atoms. The molecular weight excluding hydrogens is 394 g/mol. The SMILES string of the molecule is CCCc1ccc(CCC2CCc3c(cc(F)c(OC(F)(F)F)c3F)C2)c(F)c1. The summed E-state index contributed by atoms with van der Waals surface area (Å²) in [5.41, 5.74) is 1.96. The minimum Gasteiger partial charge on any atom is -0.399 e. The maximum Gasteiger partial charge on any atom is 0.573 e. The summed E-state index contributed by atoms with van der Waals surface area (Å²) in [6.45, 7) is 2.02. The second kappa shape index (κ2) is 8.67. The standard InChI is InChI=1S/C22H22F6O/c1-2-3-13-4-7-15(18(23)11-13)8-5-14-6-9-17-16(10-14)12-19(24)21(20(17)25)29-22(26,27)28/h4,7,11-12,14H,2-3,5-6,8-10H2,1H3. The smallest absolute Gasteiger partial charge is 0.399 e. The normalized spacial score (nSPS) is 16.6. The lowest BCUT2D eigenvalue weighted by Crippen LogP contribution is -2.22. The summed E-state index contributed by atoms with van der Waals surface area (Å²) in [4.78, 5) is 0. The molecule has 0 radical (unpaired) electrons. The van der Waals surface area contributed by atoms with Crippen molar-refractivity contribution in [2.75, 3.05) is 0 Å². The van der Waals surface area contributed by atoms with Gasteiger partial charge in [-0.3, -0.25) is 0 Å². The summed E-state index contributed by atoms with van der Waals surface area (Å²) in [7, 11) is 0. The van der Waals surface area contributed by atoms with Crippen molar-refractivity contribution in [1.29, 1.82) is 0 Å². The van der Waals surface area contributed by atoms with E-state index in [1.807, 2.05) is 13.0 Å². The average molecular weight is 416 g/mol. The molecule has 0 aliphatic heterocycles. The fraction of sp³-hybridized carbons (Fsp3) is 0.455. The topological polar surface area (TPSA) is 9.23 Å². The van der Waals surface area contributed by atoms with Crippen LogP contribution in [0, 0.1) is 23.4 Å². The Labute approximate surface area is 165 Å². The van der Waals surface area contributed by atoms with Crippen LogP contribution in [-0.2, 0) is 25.7 Å². The monoisotopic (exact) mass is 416 g/mol. The van der Waals surface area contributed by atoms with Crippen molar-refractivity contribution in [2.45, 2.75) is 58.2 Å². The van der Waals surface area contributed by atoms with Crippen LogP contribution in [0.4, 0.5) is 26.3 Å². The van der Waals surface area contributed by atoms with Crippen LogP contribution in [0.1, 0.15) is 48.4 Å². The molecule has 1 aliphatic carbocycles. The Morgan fingerprint density at radius 3 is 2.45 bits per heavy atom. The van der Waals surface area contributed by atoms with E-state index >= 15 is 0 Å². The molecule has 2 aromatic rings. The molecular formula is C22H22F6O. The highest BCUT2D eigenvalue weighted by molar-refractivity contribution is 5.41. The molecule has 0 heterocycles. The molecule has 7 heteroatoms. The van der Waals surface area contributed by atoms with Crippen LogP contribution in [0.15, 0.2) is 24.3 Å². The van der Waals surface area contributed by atoms with E-state index < -0.39 is 23.7 Å². The van der Waals surface area contributed by atoms with Gasteiger partial charge in [-0.15, -0.1) is 13.2 Å². The van der Waals surface area contributed by atoms with Crippen molar-refractivity contribution in [3.05, 3.63) is 64.0 Å². The van der Waals surface area contributed by atoms with Crippen LogP contribution in [0.5, 0.6) is 5.75 Å². The highest BCUT2D eigenvalue weighted by Gasteiger charge is 2.36. The molecule has 0 amide bonds. The van der Waals surface area contributed by atoms with Crippen LogP contribution in [0.2, 0.25) is 0 Å². The molecule has 1 nitrogen and oxygen atoms in total. The Hall–Kier alpha value is -2.18. The maximum atomic E-state index is 14.4. The maximum absolute atomic E-state index is 14.4. The second-order valence-corrected chi connectivity index (χ2v) is 7.51. The third kappa shape index (κ3) is 5.25. The summed E-state index contributed by atoms with van der Waals surface area (Å²) in [5, 5.41) is 0. The predicted octanol–water partition coefficient (Wildman–Crippen LogP) is 6.69. The average Bonchev–Trinajstić information content (AvgIpc) is 2.64. The Balaban J connectivity index is 1.69. The lowest BCUT2D eigenvalue weighted by Gasteiger charge is -2.26. The lowest BCUT2D eigenvalue weighted by atomic mass is 9.80. The number of aryl methyl sites for hydroxylation is 2. The third-order valence-corrected chi connectivity index (χ3v) is 5.38. The summed E-state index contributed by atoms with van der Waals surface area (Å²) >= 11 is 0. The van der Waals surface area contributed by atoms with Crippen LogP contribution in [0.25, 0.3) is 0 Å². The van der Waals surface area contributed by atoms with E-state index in [0.29, 0.717) is 36.8 Å². The number of benzene rings is 2. The van der Waals surface area contributed by atoms with Crippen LogP contribution >= 0.6 is 0 Å². The van der Waals surface area contributed by atoms with Gasteiger partial charge in [-0.25, -0.2) is 13.2 Å². The number of alkyl halides is 3. The van der Waals surface area contributed by atoms with Crippen molar-refractivity contribution in [3.8, 4) is 5.75 Å². The quantitative estimate of drug-likeness (QED) is 0.477. The molecule has 2 aromatic carbocycles. The number of ether oxygens (including phenoxy) is 1. The van der Waals surface area contributed by atoms with Crippen molar-refractivity contribution >= 4 is 0 Å². The molecule has 0 aromatic heterocycles. The van der Waals surface area contributed by atoms with E-state index in [1.165, 1.54) is 0 Å². The van der Waals surface area contributed by atoms with Gasteiger partial charge in [0.2, 0.25) is 5.75 Å². The second-order valence-electron chi connectivity index (χ2n) is 7.51. The first kappa shape index (κ1) is 21.5. The molecule has 0 saturated carbocycles. The van der Waals surface area contributed by atoms with Crippen LogP contribution in [0.3, 0.4) is 0 Å². The van der Waals surface area contributed by atoms with Gasteiger partial charge in [0.1, 0.15) is 5.82 Å². The fourth-order valence-corrected chi connectivity index (χ4v) is 3.96. The van der Waals surface area contributed by atoms with Crippen molar-refractivity contribution < 1.29 is 31.1 Å². The fourth-order valence-electron chi connectivity index (χ4n) is 3.96. The molecule has 1 aliphatic rings. The highest BCUT2D eigenvalue weighted by atomic mass is 19.4. The molecule has 0 N–H and O–H groups in total. The van der Waals surface area contributed by atoms with Crippen molar-refractivity contribution in [1.82, 2.24) is 0 Å². The largest absolute Gasteiger partial charge is 0.573 e. The van der Waals surface area contributed by atoms with Crippen molar-refractivity contribution in [2.24, 2.45) is 5.92 Å². The first-order chi connectivity index (χ1) is 13.7. The highest BCUT2D eigenvalue weighted by Crippen LogP contribution is 2.37. The van der Waals surface area contributed by atoms with E-state index in [4.69, 9.17) is 0 Å². The van der Waals surface area contributed by atoms with Gasteiger partial charge < -0.3 is 4.74 Å². The van der Waals surface area contributed by atoms with E-state index in [1.54, 1.807) is 12.1 Å². The lowest BCUT2D eigenvalue weighted by molar-refractivity contribution is -0.276. The number of hydrogen-bond donors (Lipinski definition) is 0. The molecule has 0 bridgehead atoms. The molecule has 3 rings (SSSR count). The summed E-state index contributed by atoms with van der Waals surface area (Å²) in [6, 6.07) is 6.15. The van der Waals surface area contributed by atoms with Crippen LogP contribution in [-0.4, -0.2) is 6.36 Å². The van der Waals surface area contributed by atoms with Crippen LogP contribution < -0.4 is 4.74 Å². The summed E-state index contributed by atoms with van der Waals surface area (Å²) in [5.74, 6) is -4.22. The van der Waals surface area contributed by atoms with Gasteiger partial charge in [0.25, 0.3) is 0 Å². The minimum atomic E-state index is -5.16. The molecule has 158 valence electrons. The van der Waals surface area contributed by atoms with Gasteiger partial charge in [-0.1, -0.05) is 25.5 Å². The number of halogens is 6. The van der Waals surface area contributed by atoms with E-state index in [0.717, 1.165) is 24.5 Å². The Kier molecular flexibility index (Phi) is 6.44. The third-order valence-electron chi connectivity index (χ3n) is 5.38. The van der Waals surface area contributed by atoms with Gasteiger partial charge in [-0.2, -0.15) is 0 Å². The molecule has 0 spiro atoms. The van der Waals surface area contributed by atoms with E-state index in [-0.39, 0.29) is 23.7 Å². The minimum absolute atomic E-state index is 0.0667. The summed E-state index contributed by atoms with van der Waals surface area (Å²) < 4.78 is 83.2. The molecule has 1 atom stereocenters. The Morgan fingerprint density at radius 1 is 1.03 bits per heavy atom. The van der Waals surface area contributed by atoms with Gasteiger partial charge in [-0.05, 0) is 78.8 Å². The molecule has 1 unspecified atom stereocenters. The summed E-state index contributed by atoms with van der Waals surface area (Å²) in [6.07, 6.45) is -1.22. The van der Waals surface area contributed by atoms with Gasteiger partial charge >= 0.3 is 6.36 Å². The first-order valence-electron chi connectivity index (χ1n) is 9.70. The zero-order chi connectivity index (χ0) is 21.2. The first-order valence-corrected chi connectivity index (χ1v) is 9.70.